The Balaban J connectivity index is 1.66. The summed E-state index contributed by atoms with van der Waals surface area (Å²) in [6.07, 6.45) is 0.0344. The van der Waals surface area contributed by atoms with E-state index in [0.29, 0.717) is 10.7 Å². The molecule has 0 aliphatic carbocycles. The van der Waals surface area contributed by atoms with Crippen LogP contribution in [0.4, 0.5) is 17.1 Å². The van der Waals surface area contributed by atoms with Crippen molar-refractivity contribution in [1.29, 1.82) is 0 Å². The molecule has 1 heterocycles. The third kappa shape index (κ3) is 3.20. The number of amides is 2. The van der Waals surface area contributed by atoms with E-state index in [0.717, 1.165) is 11.4 Å². The molecule has 1 aliphatic heterocycles. The first-order valence-electron chi connectivity index (χ1n) is 6.84. The third-order valence-electron chi connectivity index (χ3n) is 3.33. The van der Waals surface area contributed by atoms with Gasteiger partial charge < -0.3 is 16.0 Å². The maximum atomic E-state index is 12.1. The Morgan fingerprint density at radius 1 is 1.14 bits per heavy atom. The van der Waals surface area contributed by atoms with Gasteiger partial charge in [0.1, 0.15) is 6.04 Å². The van der Waals surface area contributed by atoms with Gasteiger partial charge >= 0.3 is 0 Å². The summed E-state index contributed by atoms with van der Waals surface area (Å²) in [5.74, 6) is -0.478. The van der Waals surface area contributed by atoms with E-state index in [1.165, 1.54) is 0 Å². The summed E-state index contributed by atoms with van der Waals surface area (Å²) in [4.78, 5) is 24.1. The SMILES string of the molecule is O=C(C[C@H]1Nc2ccccc2NC1=O)Nc1cccc(Cl)c1. The lowest BCUT2D eigenvalue weighted by molar-refractivity contribution is -0.122. The maximum absolute atomic E-state index is 12.1. The molecule has 2 amide bonds. The normalized spacial score (nSPS) is 16.2. The third-order valence-corrected chi connectivity index (χ3v) is 3.56. The zero-order valence-electron chi connectivity index (χ0n) is 11.6. The van der Waals surface area contributed by atoms with Gasteiger partial charge in [0, 0.05) is 10.7 Å². The number of carbonyl (C=O) groups is 2. The molecular formula is C16H14ClN3O2. The summed E-state index contributed by atoms with van der Waals surface area (Å²) in [5, 5.41) is 9.13. The number of hydrogen-bond acceptors (Lipinski definition) is 3. The first kappa shape index (κ1) is 14.4. The van der Waals surface area contributed by atoms with Crippen LogP contribution in [0.3, 0.4) is 0 Å². The van der Waals surface area contributed by atoms with Crippen molar-refractivity contribution < 1.29 is 9.59 Å². The second-order valence-corrected chi connectivity index (χ2v) is 5.43. The Morgan fingerprint density at radius 3 is 2.68 bits per heavy atom. The Bertz CT molecular complexity index is 733. The first-order valence-corrected chi connectivity index (χ1v) is 7.21. The van der Waals surface area contributed by atoms with Crippen molar-refractivity contribution in [2.24, 2.45) is 0 Å². The summed E-state index contributed by atoms with van der Waals surface area (Å²) in [6.45, 7) is 0. The highest BCUT2D eigenvalue weighted by atomic mass is 35.5. The minimum Gasteiger partial charge on any atom is -0.372 e. The molecule has 2 aromatic carbocycles. The van der Waals surface area contributed by atoms with Gasteiger partial charge in [-0.15, -0.1) is 0 Å². The van der Waals surface area contributed by atoms with E-state index in [4.69, 9.17) is 11.6 Å². The highest BCUT2D eigenvalue weighted by Gasteiger charge is 2.27. The number of rotatable bonds is 3. The van der Waals surface area contributed by atoms with Gasteiger partial charge in [-0.1, -0.05) is 29.8 Å². The molecule has 0 fully saturated rings. The molecule has 22 heavy (non-hydrogen) atoms. The van der Waals surface area contributed by atoms with Gasteiger partial charge in [-0.2, -0.15) is 0 Å². The van der Waals surface area contributed by atoms with Crippen molar-refractivity contribution >= 4 is 40.5 Å². The molecule has 3 rings (SSSR count). The molecule has 6 heteroatoms. The molecule has 0 bridgehead atoms. The van der Waals surface area contributed by atoms with Crippen LogP contribution < -0.4 is 16.0 Å². The highest BCUT2D eigenvalue weighted by molar-refractivity contribution is 6.30. The van der Waals surface area contributed by atoms with Crippen LogP contribution in [0.15, 0.2) is 48.5 Å². The Labute approximate surface area is 132 Å². The number of carbonyl (C=O) groups excluding carboxylic acids is 2. The molecule has 0 saturated heterocycles. The van der Waals surface area contributed by atoms with Crippen LogP contribution in [0.1, 0.15) is 6.42 Å². The fourth-order valence-electron chi connectivity index (χ4n) is 2.30. The van der Waals surface area contributed by atoms with Gasteiger partial charge in [-0.05, 0) is 30.3 Å². The maximum Gasteiger partial charge on any atom is 0.247 e. The van der Waals surface area contributed by atoms with Crippen molar-refractivity contribution in [2.45, 2.75) is 12.5 Å². The summed E-state index contributed by atoms with van der Waals surface area (Å²) in [5.41, 5.74) is 2.13. The molecule has 0 unspecified atom stereocenters. The van der Waals surface area contributed by atoms with E-state index in [1.807, 2.05) is 24.3 Å². The summed E-state index contributed by atoms with van der Waals surface area (Å²) < 4.78 is 0. The molecule has 0 aromatic heterocycles. The first-order chi connectivity index (χ1) is 10.6. The van der Waals surface area contributed by atoms with Crippen LogP contribution in [0.2, 0.25) is 5.02 Å². The number of fused-ring (bicyclic) bond motifs is 1. The molecule has 1 aliphatic rings. The zero-order valence-corrected chi connectivity index (χ0v) is 12.4. The average molecular weight is 316 g/mol. The zero-order chi connectivity index (χ0) is 15.5. The van der Waals surface area contributed by atoms with Crippen LogP contribution in [0, 0.1) is 0 Å². The molecular weight excluding hydrogens is 302 g/mol. The molecule has 1 atom stereocenters. The Kier molecular flexibility index (Phi) is 3.98. The van der Waals surface area contributed by atoms with Gasteiger partial charge in [0.2, 0.25) is 11.8 Å². The van der Waals surface area contributed by atoms with Crippen LogP contribution in [-0.2, 0) is 9.59 Å². The van der Waals surface area contributed by atoms with Crippen molar-refractivity contribution in [1.82, 2.24) is 0 Å². The minimum absolute atomic E-state index is 0.0344. The lowest BCUT2D eigenvalue weighted by atomic mass is 10.1. The minimum atomic E-state index is -0.603. The van der Waals surface area contributed by atoms with Crippen LogP contribution in [0.25, 0.3) is 0 Å². The fourth-order valence-corrected chi connectivity index (χ4v) is 2.49. The number of anilines is 3. The van der Waals surface area contributed by atoms with Gasteiger partial charge in [0.25, 0.3) is 0 Å². The predicted octanol–water partition coefficient (Wildman–Crippen LogP) is 3.10. The van der Waals surface area contributed by atoms with E-state index in [1.54, 1.807) is 24.3 Å². The summed E-state index contributed by atoms with van der Waals surface area (Å²) in [6, 6.07) is 13.6. The van der Waals surface area contributed by atoms with Crippen molar-refractivity contribution in [2.75, 3.05) is 16.0 Å². The smallest absolute Gasteiger partial charge is 0.247 e. The molecule has 0 saturated carbocycles. The van der Waals surface area contributed by atoms with Gasteiger partial charge in [-0.25, -0.2) is 0 Å². The van der Waals surface area contributed by atoms with Gasteiger partial charge in [0.15, 0.2) is 0 Å². The summed E-state index contributed by atoms with van der Waals surface area (Å²) >= 11 is 5.87. The van der Waals surface area contributed by atoms with Crippen molar-refractivity contribution in [3.05, 3.63) is 53.6 Å². The second kappa shape index (κ2) is 6.07. The summed E-state index contributed by atoms with van der Waals surface area (Å²) in [7, 11) is 0. The standard InChI is InChI=1S/C16H14ClN3O2/c17-10-4-3-5-11(8-10)18-15(21)9-14-16(22)20-13-7-2-1-6-12(13)19-14/h1-8,14,19H,9H2,(H,18,21)(H,20,22)/t14-/m1/s1. The number of nitrogens with one attached hydrogen (secondary N) is 3. The van der Waals surface area contributed by atoms with E-state index < -0.39 is 6.04 Å². The quantitative estimate of drug-likeness (QED) is 0.815. The van der Waals surface area contributed by atoms with Crippen LogP contribution in [0.5, 0.6) is 0 Å². The number of para-hydroxylation sites is 2. The van der Waals surface area contributed by atoms with E-state index in [9.17, 15) is 9.59 Å². The molecule has 2 aromatic rings. The van der Waals surface area contributed by atoms with E-state index in [-0.39, 0.29) is 18.2 Å². The van der Waals surface area contributed by atoms with Gasteiger partial charge in [0.05, 0.1) is 17.8 Å². The van der Waals surface area contributed by atoms with Crippen LogP contribution in [-0.4, -0.2) is 17.9 Å². The molecule has 3 N–H and O–H groups in total. The van der Waals surface area contributed by atoms with Crippen LogP contribution >= 0.6 is 11.6 Å². The topological polar surface area (TPSA) is 70.2 Å². The second-order valence-electron chi connectivity index (χ2n) is 4.99. The van der Waals surface area contributed by atoms with E-state index >= 15 is 0 Å². The highest BCUT2D eigenvalue weighted by Crippen LogP contribution is 2.26. The lowest BCUT2D eigenvalue weighted by Crippen LogP contribution is -2.41. The number of halogens is 1. The Morgan fingerprint density at radius 2 is 1.91 bits per heavy atom. The number of benzene rings is 2. The van der Waals surface area contributed by atoms with Crippen molar-refractivity contribution in [3.63, 3.8) is 0 Å². The molecule has 112 valence electrons. The lowest BCUT2D eigenvalue weighted by Gasteiger charge is -2.26. The predicted molar refractivity (Wildman–Crippen MR) is 87.2 cm³/mol. The fraction of sp³-hybridized carbons (Fsp3) is 0.125. The van der Waals surface area contributed by atoms with E-state index in [2.05, 4.69) is 16.0 Å². The average Bonchev–Trinajstić information content (AvgIpc) is 2.48. The molecule has 5 nitrogen and oxygen atoms in total. The monoisotopic (exact) mass is 315 g/mol. The molecule has 0 radical (unpaired) electrons. The Hall–Kier alpha value is -2.53. The van der Waals surface area contributed by atoms with Gasteiger partial charge in [-0.3, -0.25) is 9.59 Å². The van der Waals surface area contributed by atoms with Crippen molar-refractivity contribution in [3.8, 4) is 0 Å². The number of hydrogen-bond donors (Lipinski definition) is 3. The largest absolute Gasteiger partial charge is 0.372 e. The molecule has 0 spiro atoms.